The highest BCUT2D eigenvalue weighted by molar-refractivity contribution is 9.11. The molecule has 0 saturated carbocycles. The zero-order valence-electron chi connectivity index (χ0n) is 9.77. The van der Waals surface area contributed by atoms with Crippen molar-refractivity contribution in [1.82, 2.24) is 9.88 Å². The lowest BCUT2D eigenvalue weighted by Crippen LogP contribution is -2.36. The van der Waals surface area contributed by atoms with E-state index in [2.05, 4.69) is 41.7 Å². The van der Waals surface area contributed by atoms with Gasteiger partial charge in [-0.1, -0.05) is 0 Å². The Morgan fingerprint density at radius 3 is 2.67 bits per heavy atom. The Labute approximate surface area is 123 Å². The number of hydrogen-bond donors (Lipinski definition) is 1. The summed E-state index contributed by atoms with van der Waals surface area (Å²) in [4.78, 5) is 17.5. The molecule has 1 aromatic heterocycles. The monoisotopic (exact) mass is 376 g/mol. The van der Waals surface area contributed by atoms with Crippen molar-refractivity contribution in [3.05, 3.63) is 26.9 Å². The SMILES string of the molecule is O=C(O)C1CCN(Cc2ncc(Br)cc2Br)CC1. The van der Waals surface area contributed by atoms with Crippen molar-refractivity contribution in [3.8, 4) is 0 Å². The number of carboxylic acid groups (broad SMARTS) is 1. The lowest BCUT2D eigenvalue weighted by Gasteiger charge is -2.29. The predicted octanol–water partition coefficient (Wildman–Crippen LogP) is 2.90. The van der Waals surface area contributed by atoms with Crippen LogP contribution < -0.4 is 0 Å². The van der Waals surface area contributed by atoms with Crippen LogP contribution in [-0.2, 0) is 11.3 Å². The summed E-state index contributed by atoms with van der Waals surface area (Å²) in [5, 5.41) is 8.95. The normalized spacial score (nSPS) is 17.9. The largest absolute Gasteiger partial charge is 0.481 e. The molecule has 0 amide bonds. The second-order valence-corrected chi connectivity index (χ2v) is 6.24. The van der Waals surface area contributed by atoms with E-state index in [1.54, 1.807) is 6.20 Å². The molecule has 1 fully saturated rings. The minimum atomic E-state index is -0.669. The molecule has 1 aromatic rings. The first-order valence-electron chi connectivity index (χ1n) is 5.81. The molecule has 0 unspecified atom stereocenters. The third-order valence-electron chi connectivity index (χ3n) is 3.19. The van der Waals surface area contributed by atoms with Crippen LogP contribution in [0.1, 0.15) is 18.5 Å². The smallest absolute Gasteiger partial charge is 0.306 e. The fourth-order valence-electron chi connectivity index (χ4n) is 2.11. The molecule has 98 valence electrons. The second-order valence-electron chi connectivity index (χ2n) is 4.47. The molecular weight excluding hydrogens is 364 g/mol. The number of halogens is 2. The van der Waals surface area contributed by atoms with Crippen molar-refractivity contribution in [1.29, 1.82) is 0 Å². The molecule has 1 aliphatic heterocycles. The lowest BCUT2D eigenvalue weighted by atomic mass is 9.97. The topological polar surface area (TPSA) is 53.4 Å². The van der Waals surface area contributed by atoms with Crippen molar-refractivity contribution in [2.75, 3.05) is 13.1 Å². The quantitative estimate of drug-likeness (QED) is 0.879. The van der Waals surface area contributed by atoms with E-state index in [0.717, 1.165) is 47.1 Å². The van der Waals surface area contributed by atoms with Crippen molar-refractivity contribution in [2.45, 2.75) is 19.4 Å². The Morgan fingerprint density at radius 1 is 1.44 bits per heavy atom. The standard InChI is InChI=1S/C12H14Br2N2O2/c13-9-5-10(14)11(15-6-9)7-16-3-1-8(2-4-16)12(17)18/h5-6,8H,1-4,7H2,(H,17,18). The van der Waals surface area contributed by atoms with Gasteiger partial charge in [-0.05, 0) is 63.9 Å². The number of nitrogens with zero attached hydrogens (tertiary/aromatic N) is 2. The Kier molecular flexibility index (Phi) is 4.75. The Morgan fingerprint density at radius 2 is 2.11 bits per heavy atom. The van der Waals surface area contributed by atoms with Crippen LogP contribution in [0.4, 0.5) is 0 Å². The van der Waals surface area contributed by atoms with Gasteiger partial charge in [0, 0.05) is 21.7 Å². The van der Waals surface area contributed by atoms with Crippen molar-refractivity contribution >= 4 is 37.8 Å². The molecular formula is C12H14Br2N2O2. The summed E-state index contributed by atoms with van der Waals surface area (Å²) < 4.78 is 1.93. The fraction of sp³-hybridized carbons (Fsp3) is 0.500. The third kappa shape index (κ3) is 3.52. The summed E-state index contributed by atoms with van der Waals surface area (Å²) in [5.74, 6) is -0.847. The predicted molar refractivity (Wildman–Crippen MR) is 75.3 cm³/mol. The van der Waals surface area contributed by atoms with Gasteiger partial charge in [-0.2, -0.15) is 0 Å². The first-order chi connectivity index (χ1) is 8.56. The minimum absolute atomic E-state index is 0.178. The molecule has 1 N–H and O–H groups in total. The van der Waals surface area contributed by atoms with Gasteiger partial charge in [-0.15, -0.1) is 0 Å². The maximum Gasteiger partial charge on any atom is 0.306 e. The molecule has 1 aliphatic rings. The number of pyridine rings is 1. The number of carbonyl (C=O) groups is 1. The van der Waals surface area contributed by atoms with E-state index in [-0.39, 0.29) is 5.92 Å². The molecule has 1 saturated heterocycles. The molecule has 0 radical (unpaired) electrons. The third-order valence-corrected chi connectivity index (χ3v) is 4.31. The van der Waals surface area contributed by atoms with Crippen molar-refractivity contribution < 1.29 is 9.90 Å². The molecule has 0 bridgehead atoms. The van der Waals surface area contributed by atoms with Crippen LogP contribution in [-0.4, -0.2) is 34.0 Å². The number of likely N-dealkylation sites (tertiary alicyclic amines) is 1. The first-order valence-corrected chi connectivity index (χ1v) is 7.40. The van der Waals surface area contributed by atoms with E-state index in [9.17, 15) is 4.79 Å². The van der Waals surface area contributed by atoms with E-state index in [4.69, 9.17) is 5.11 Å². The summed E-state index contributed by atoms with van der Waals surface area (Å²) in [5.41, 5.74) is 0.993. The van der Waals surface area contributed by atoms with Crippen molar-refractivity contribution in [2.24, 2.45) is 5.92 Å². The molecule has 2 heterocycles. The van der Waals surface area contributed by atoms with Crippen LogP contribution in [0.2, 0.25) is 0 Å². The number of rotatable bonds is 3. The maximum atomic E-state index is 10.9. The molecule has 4 nitrogen and oxygen atoms in total. The van der Waals surface area contributed by atoms with Gasteiger partial charge >= 0.3 is 5.97 Å². The Bertz CT molecular complexity index is 446. The summed E-state index contributed by atoms with van der Waals surface area (Å²) >= 11 is 6.87. The number of carboxylic acids is 1. The van der Waals surface area contributed by atoms with Crippen LogP contribution in [0.15, 0.2) is 21.2 Å². The van der Waals surface area contributed by atoms with Gasteiger partial charge in [0.05, 0.1) is 11.6 Å². The Balaban J connectivity index is 1.93. The van der Waals surface area contributed by atoms with Gasteiger partial charge in [0.25, 0.3) is 0 Å². The van der Waals surface area contributed by atoms with E-state index in [1.807, 2.05) is 6.07 Å². The van der Waals surface area contributed by atoms with Gasteiger partial charge < -0.3 is 5.11 Å². The van der Waals surface area contributed by atoms with E-state index in [0.29, 0.717) is 0 Å². The number of piperidine rings is 1. The van der Waals surface area contributed by atoms with Crippen LogP contribution in [0.5, 0.6) is 0 Å². The zero-order valence-corrected chi connectivity index (χ0v) is 12.9. The second kappa shape index (κ2) is 6.12. The van der Waals surface area contributed by atoms with Gasteiger partial charge in [0.1, 0.15) is 0 Å². The van der Waals surface area contributed by atoms with E-state index in [1.165, 1.54) is 0 Å². The lowest BCUT2D eigenvalue weighted by molar-refractivity contribution is -0.143. The highest BCUT2D eigenvalue weighted by Crippen LogP contribution is 2.23. The Hall–Kier alpha value is -0.460. The van der Waals surface area contributed by atoms with E-state index < -0.39 is 5.97 Å². The number of aromatic nitrogens is 1. The van der Waals surface area contributed by atoms with Crippen LogP contribution in [0.3, 0.4) is 0 Å². The van der Waals surface area contributed by atoms with Gasteiger partial charge in [-0.3, -0.25) is 14.7 Å². The van der Waals surface area contributed by atoms with Gasteiger partial charge in [0.2, 0.25) is 0 Å². The van der Waals surface area contributed by atoms with Crippen LogP contribution in [0, 0.1) is 5.92 Å². The summed E-state index contributed by atoms with van der Waals surface area (Å²) in [6, 6.07) is 1.98. The molecule has 0 atom stereocenters. The highest BCUT2D eigenvalue weighted by Gasteiger charge is 2.24. The molecule has 6 heteroatoms. The average molecular weight is 378 g/mol. The van der Waals surface area contributed by atoms with Crippen LogP contribution in [0.25, 0.3) is 0 Å². The molecule has 0 aliphatic carbocycles. The molecule has 18 heavy (non-hydrogen) atoms. The van der Waals surface area contributed by atoms with Crippen LogP contribution >= 0.6 is 31.9 Å². The van der Waals surface area contributed by atoms with Gasteiger partial charge in [0.15, 0.2) is 0 Å². The minimum Gasteiger partial charge on any atom is -0.481 e. The maximum absolute atomic E-state index is 10.9. The molecule has 2 rings (SSSR count). The summed E-state index contributed by atoms with van der Waals surface area (Å²) in [6.45, 7) is 2.41. The highest BCUT2D eigenvalue weighted by atomic mass is 79.9. The number of hydrogen-bond acceptors (Lipinski definition) is 3. The first kappa shape index (κ1) is 14.0. The number of aliphatic carboxylic acids is 1. The van der Waals surface area contributed by atoms with E-state index >= 15 is 0 Å². The summed E-state index contributed by atoms with van der Waals surface area (Å²) in [7, 11) is 0. The molecule has 0 spiro atoms. The average Bonchev–Trinajstić information content (AvgIpc) is 2.33. The summed E-state index contributed by atoms with van der Waals surface area (Å²) in [6.07, 6.45) is 3.23. The van der Waals surface area contributed by atoms with Crippen molar-refractivity contribution in [3.63, 3.8) is 0 Å². The fourth-order valence-corrected chi connectivity index (χ4v) is 3.22. The van der Waals surface area contributed by atoms with Gasteiger partial charge in [-0.25, -0.2) is 0 Å². The molecule has 0 aromatic carbocycles. The zero-order chi connectivity index (χ0) is 13.1.